The average Bonchev–Trinajstić information content (AvgIpc) is 3.28. The van der Waals surface area contributed by atoms with Gasteiger partial charge in [-0.25, -0.2) is 0 Å². The van der Waals surface area contributed by atoms with E-state index >= 15 is 0 Å². The maximum absolute atomic E-state index is 12.5. The molecule has 2 atom stereocenters. The predicted molar refractivity (Wildman–Crippen MR) is 276 cm³/mol. The van der Waals surface area contributed by atoms with Crippen LogP contribution in [0.15, 0.2) is 48.6 Å². The van der Waals surface area contributed by atoms with Crippen molar-refractivity contribution in [3.05, 3.63) is 48.6 Å². The second-order valence-corrected chi connectivity index (χ2v) is 19.0. The Bertz CT molecular complexity index is 985. The molecule has 4 heteroatoms. The third-order valence-electron chi connectivity index (χ3n) is 12.9. The molecule has 0 rings (SSSR count). The summed E-state index contributed by atoms with van der Waals surface area (Å²) in [6.07, 6.45) is 73.8. The van der Waals surface area contributed by atoms with E-state index in [1.54, 1.807) is 0 Å². The maximum atomic E-state index is 12.5. The van der Waals surface area contributed by atoms with Crippen molar-refractivity contribution in [1.82, 2.24) is 5.32 Å². The highest BCUT2D eigenvalue weighted by Gasteiger charge is 2.20. The van der Waals surface area contributed by atoms with Crippen molar-refractivity contribution >= 4 is 5.91 Å². The second kappa shape index (κ2) is 53.7. The van der Waals surface area contributed by atoms with Gasteiger partial charge in [-0.2, -0.15) is 0 Å². The van der Waals surface area contributed by atoms with Gasteiger partial charge in [-0.3, -0.25) is 4.79 Å². The number of hydrogen-bond donors (Lipinski definition) is 3. The van der Waals surface area contributed by atoms with E-state index < -0.39 is 12.1 Å². The molecule has 2 unspecified atom stereocenters. The number of unbranched alkanes of at least 4 members (excludes halogenated alkanes) is 36. The third kappa shape index (κ3) is 49.4. The van der Waals surface area contributed by atoms with Gasteiger partial charge in [0.2, 0.25) is 5.91 Å². The molecular formula is C58H109NO3. The molecule has 0 heterocycles. The number of allylic oxidation sites excluding steroid dienone is 8. The third-order valence-corrected chi connectivity index (χ3v) is 12.9. The second-order valence-electron chi connectivity index (χ2n) is 19.0. The van der Waals surface area contributed by atoms with Crippen LogP contribution in [-0.2, 0) is 4.79 Å². The standard InChI is InChI=1S/C58H109NO3/c1-3-5-7-9-11-13-15-17-19-21-23-25-27-29-31-33-35-37-39-41-43-45-47-49-51-53-57(61)56(55-60)59-58(62)54-52-50-48-46-44-42-40-38-36-34-32-30-28-26-24-22-20-18-16-14-12-10-8-6-4-2/h6,8,12,14,18,20,24,26,56-57,60-61H,3-5,7,9-11,13,15-17,19,21-23,25,27-55H2,1-2H3,(H,59,62)/b8-6-,14-12-,20-18-,26-24-. The van der Waals surface area contributed by atoms with Crippen LogP contribution in [0.25, 0.3) is 0 Å². The van der Waals surface area contributed by atoms with Gasteiger partial charge in [-0.05, 0) is 51.4 Å². The van der Waals surface area contributed by atoms with Gasteiger partial charge in [0.05, 0.1) is 18.8 Å². The summed E-state index contributed by atoms with van der Waals surface area (Å²) in [5.41, 5.74) is 0. The SMILES string of the molecule is CC/C=C\C/C=C\C/C=C\C/C=C\CCCCCCCCCCCCCCC(=O)NC(CO)C(O)CCCCCCCCCCCCCCCCCCCCCCCCCCC. The van der Waals surface area contributed by atoms with Crippen molar-refractivity contribution in [3.8, 4) is 0 Å². The molecule has 1 amide bonds. The number of amides is 1. The Kier molecular flexibility index (Phi) is 52.3. The van der Waals surface area contributed by atoms with Gasteiger partial charge in [-0.15, -0.1) is 0 Å². The Labute approximate surface area is 388 Å². The highest BCUT2D eigenvalue weighted by atomic mass is 16.3. The van der Waals surface area contributed by atoms with Crippen molar-refractivity contribution in [2.24, 2.45) is 0 Å². The summed E-state index contributed by atoms with van der Waals surface area (Å²) >= 11 is 0. The lowest BCUT2D eigenvalue weighted by Gasteiger charge is -2.22. The Morgan fingerprint density at radius 1 is 0.403 bits per heavy atom. The van der Waals surface area contributed by atoms with Crippen LogP contribution in [0.2, 0.25) is 0 Å². The topological polar surface area (TPSA) is 69.6 Å². The number of aliphatic hydroxyl groups excluding tert-OH is 2. The molecule has 0 bridgehead atoms. The molecule has 0 aliphatic carbocycles. The molecule has 0 aromatic carbocycles. The Morgan fingerprint density at radius 3 is 1.06 bits per heavy atom. The molecule has 0 radical (unpaired) electrons. The van der Waals surface area contributed by atoms with Crippen LogP contribution in [0.5, 0.6) is 0 Å². The minimum Gasteiger partial charge on any atom is -0.394 e. The van der Waals surface area contributed by atoms with Gasteiger partial charge in [-0.1, -0.05) is 287 Å². The van der Waals surface area contributed by atoms with Crippen molar-refractivity contribution < 1.29 is 15.0 Å². The molecule has 3 N–H and O–H groups in total. The molecule has 0 spiro atoms. The van der Waals surface area contributed by atoms with Crippen molar-refractivity contribution in [1.29, 1.82) is 0 Å². The van der Waals surface area contributed by atoms with Crippen molar-refractivity contribution in [3.63, 3.8) is 0 Å². The zero-order valence-electron chi connectivity index (χ0n) is 41.9. The molecule has 0 saturated heterocycles. The van der Waals surface area contributed by atoms with E-state index in [1.807, 2.05) is 0 Å². The van der Waals surface area contributed by atoms with Crippen LogP contribution in [-0.4, -0.2) is 34.9 Å². The zero-order valence-corrected chi connectivity index (χ0v) is 41.9. The molecule has 0 fully saturated rings. The summed E-state index contributed by atoms with van der Waals surface area (Å²) < 4.78 is 0. The highest BCUT2D eigenvalue weighted by Crippen LogP contribution is 2.18. The molecule has 4 nitrogen and oxygen atoms in total. The fraction of sp³-hybridized carbons (Fsp3) is 0.845. The summed E-state index contributed by atoms with van der Waals surface area (Å²) in [6.45, 7) is 4.27. The first kappa shape index (κ1) is 60.4. The van der Waals surface area contributed by atoms with Gasteiger partial charge in [0.25, 0.3) is 0 Å². The van der Waals surface area contributed by atoms with Gasteiger partial charge >= 0.3 is 0 Å². The number of aliphatic hydroxyl groups is 2. The lowest BCUT2D eigenvalue weighted by atomic mass is 10.0. The van der Waals surface area contributed by atoms with E-state index in [2.05, 4.69) is 67.8 Å². The number of nitrogens with one attached hydrogen (secondary N) is 1. The van der Waals surface area contributed by atoms with Crippen LogP contribution in [0.1, 0.15) is 296 Å². The first-order chi connectivity index (χ1) is 30.7. The summed E-state index contributed by atoms with van der Waals surface area (Å²) in [4.78, 5) is 12.5. The molecule has 0 aromatic heterocycles. The first-order valence-corrected chi connectivity index (χ1v) is 27.8. The van der Waals surface area contributed by atoms with E-state index in [4.69, 9.17) is 0 Å². The van der Waals surface area contributed by atoms with Crippen molar-refractivity contribution in [2.75, 3.05) is 6.61 Å². The van der Waals surface area contributed by atoms with E-state index in [0.717, 1.165) is 51.4 Å². The Morgan fingerprint density at radius 2 is 0.710 bits per heavy atom. The zero-order chi connectivity index (χ0) is 44.9. The van der Waals surface area contributed by atoms with Gasteiger partial charge in [0.15, 0.2) is 0 Å². The van der Waals surface area contributed by atoms with Crippen LogP contribution in [0.4, 0.5) is 0 Å². The van der Waals surface area contributed by atoms with Crippen LogP contribution in [0, 0.1) is 0 Å². The Hall–Kier alpha value is -1.65. The first-order valence-electron chi connectivity index (χ1n) is 27.8. The smallest absolute Gasteiger partial charge is 0.220 e. The fourth-order valence-corrected chi connectivity index (χ4v) is 8.65. The normalized spacial score (nSPS) is 13.2. The summed E-state index contributed by atoms with van der Waals surface area (Å²) in [7, 11) is 0. The minimum absolute atomic E-state index is 0.0311. The minimum atomic E-state index is -0.662. The maximum Gasteiger partial charge on any atom is 0.220 e. The molecule has 0 aliphatic heterocycles. The van der Waals surface area contributed by atoms with Gasteiger partial charge in [0, 0.05) is 6.42 Å². The molecule has 0 aromatic rings. The van der Waals surface area contributed by atoms with Gasteiger partial charge in [0.1, 0.15) is 0 Å². The summed E-state index contributed by atoms with van der Waals surface area (Å²) in [5, 5.41) is 23.4. The van der Waals surface area contributed by atoms with Crippen LogP contribution < -0.4 is 5.32 Å². The number of carbonyl (C=O) groups excluding carboxylic acids is 1. The molecular weight excluding hydrogens is 759 g/mol. The molecule has 62 heavy (non-hydrogen) atoms. The average molecular weight is 869 g/mol. The largest absolute Gasteiger partial charge is 0.394 e. The lowest BCUT2D eigenvalue weighted by molar-refractivity contribution is -0.123. The van der Waals surface area contributed by atoms with Crippen molar-refractivity contribution in [2.45, 2.75) is 309 Å². The van der Waals surface area contributed by atoms with Crippen LogP contribution >= 0.6 is 0 Å². The van der Waals surface area contributed by atoms with Gasteiger partial charge < -0.3 is 15.5 Å². The fourth-order valence-electron chi connectivity index (χ4n) is 8.65. The quantitative estimate of drug-likeness (QED) is 0.0421. The van der Waals surface area contributed by atoms with E-state index in [1.165, 1.54) is 218 Å². The lowest BCUT2D eigenvalue weighted by Crippen LogP contribution is -2.45. The molecule has 0 aliphatic rings. The van der Waals surface area contributed by atoms with E-state index in [-0.39, 0.29) is 12.5 Å². The number of rotatable bonds is 51. The summed E-state index contributed by atoms with van der Waals surface area (Å²) in [6, 6.07) is -0.539. The summed E-state index contributed by atoms with van der Waals surface area (Å²) in [5.74, 6) is -0.0311. The predicted octanol–water partition coefficient (Wildman–Crippen LogP) is 18.3. The van der Waals surface area contributed by atoms with Crippen LogP contribution in [0.3, 0.4) is 0 Å². The molecule has 0 saturated carbocycles. The number of hydrogen-bond acceptors (Lipinski definition) is 3. The monoisotopic (exact) mass is 868 g/mol. The molecule has 364 valence electrons. The highest BCUT2D eigenvalue weighted by molar-refractivity contribution is 5.76. The number of carbonyl (C=O) groups is 1. The van der Waals surface area contributed by atoms with E-state index in [0.29, 0.717) is 12.8 Å². The van der Waals surface area contributed by atoms with E-state index in [9.17, 15) is 15.0 Å². The Balaban J connectivity index is 3.46.